The molecular formula is C7H13ClN4. The Balaban J connectivity index is 3.00. The molecule has 0 bridgehead atoms. The van der Waals surface area contributed by atoms with Gasteiger partial charge in [0.15, 0.2) is 5.82 Å². The highest BCUT2D eigenvalue weighted by Gasteiger charge is 2.22. The van der Waals surface area contributed by atoms with Crippen LogP contribution in [-0.4, -0.2) is 20.2 Å². The Morgan fingerprint density at radius 3 is 2.67 bits per heavy atom. The third kappa shape index (κ3) is 1.58. The second kappa shape index (κ2) is 3.39. The van der Waals surface area contributed by atoms with Crippen LogP contribution in [0.15, 0.2) is 0 Å². The maximum Gasteiger partial charge on any atom is 0.166 e. The summed E-state index contributed by atoms with van der Waals surface area (Å²) in [7, 11) is 0. The van der Waals surface area contributed by atoms with Crippen LogP contribution in [0.25, 0.3) is 0 Å². The van der Waals surface area contributed by atoms with Gasteiger partial charge in [-0.1, -0.05) is 6.92 Å². The lowest BCUT2D eigenvalue weighted by molar-refractivity contribution is 0.294. The summed E-state index contributed by atoms with van der Waals surface area (Å²) >= 11 is 5.67. The predicted octanol–water partition coefficient (Wildman–Crippen LogP) is 1.56. The van der Waals surface area contributed by atoms with Gasteiger partial charge in [0.05, 0.1) is 11.4 Å². The largest absolute Gasteiger partial charge is 0.223 e. The molecule has 0 saturated carbocycles. The summed E-state index contributed by atoms with van der Waals surface area (Å²) in [5.74, 6) is 1.08. The summed E-state index contributed by atoms with van der Waals surface area (Å²) in [6, 6.07) is 0. The first-order chi connectivity index (χ1) is 5.61. The molecule has 0 aliphatic carbocycles. The Hall–Kier alpha value is -0.640. The fourth-order valence-electron chi connectivity index (χ4n) is 0.909. The van der Waals surface area contributed by atoms with Gasteiger partial charge in [0.1, 0.15) is 0 Å². The van der Waals surface area contributed by atoms with Crippen molar-refractivity contribution in [2.24, 2.45) is 0 Å². The molecule has 0 radical (unpaired) electrons. The number of halogens is 1. The summed E-state index contributed by atoms with van der Waals surface area (Å²) in [6.45, 7) is 6.26. The molecule has 0 unspecified atom stereocenters. The number of aromatic nitrogens is 4. The van der Waals surface area contributed by atoms with Gasteiger partial charge in [-0.05, 0) is 30.7 Å². The molecule has 1 aromatic heterocycles. The van der Waals surface area contributed by atoms with E-state index in [2.05, 4.69) is 36.3 Å². The molecule has 0 atom stereocenters. The van der Waals surface area contributed by atoms with Crippen LogP contribution in [0, 0.1) is 0 Å². The molecule has 1 aromatic rings. The molecule has 12 heavy (non-hydrogen) atoms. The molecule has 1 rings (SSSR count). The summed E-state index contributed by atoms with van der Waals surface area (Å²) in [6.07, 6.45) is 0.974. The quantitative estimate of drug-likeness (QED) is 0.677. The highest BCUT2D eigenvalue weighted by atomic mass is 35.5. The van der Waals surface area contributed by atoms with Crippen molar-refractivity contribution in [3.8, 4) is 0 Å². The van der Waals surface area contributed by atoms with Crippen molar-refractivity contribution in [1.29, 1.82) is 0 Å². The van der Waals surface area contributed by atoms with Crippen LogP contribution in [0.2, 0.25) is 0 Å². The van der Waals surface area contributed by atoms with E-state index >= 15 is 0 Å². The van der Waals surface area contributed by atoms with Gasteiger partial charge in [0.2, 0.25) is 0 Å². The van der Waals surface area contributed by atoms with E-state index in [0.717, 1.165) is 12.2 Å². The van der Waals surface area contributed by atoms with Gasteiger partial charge in [-0.2, -0.15) is 0 Å². The molecule has 0 saturated heterocycles. The van der Waals surface area contributed by atoms with Crippen molar-refractivity contribution >= 4 is 11.6 Å². The van der Waals surface area contributed by atoms with Crippen LogP contribution < -0.4 is 0 Å². The van der Waals surface area contributed by atoms with Crippen LogP contribution in [-0.2, 0) is 11.4 Å². The first-order valence-electron chi connectivity index (χ1n) is 3.95. The van der Waals surface area contributed by atoms with Gasteiger partial charge in [0.25, 0.3) is 0 Å². The zero-order chi connectivity index (χ0) is 9.19. The summed E-state index contributed by atoms with van der Waals surface area (Å²) in [5.41, 5.74) is -0.0479. The van der Waals surface area contributed by atoms with Crippen LogP contribution in [0.3, 0.4) is 0 Å². The molecule has 0 fully saturated rings. The molecule has 0 N–H and O–H groups in total. The van der Waals surface area contributed by atoms with Crippen molar-refractivity contribution in [2.45, 2.75) is 38.6 Å². The normalized spacial score (nSPS) is 12.0. The highest BCUT2D eigenvalue weighted by molar-refractivity contribution is 6.16. The summed E-state index contributed by atoms with van der Waals surface area (Å²) in [4.78, 5) is 0. The smallest absolute Gasteiger partial charge is 0.166 e. The van der Waals surface area contributed by atoms with Crippen molar-refractivity contribution in [2.75, 3.05) is 0 Å². The Kier molecular flexibility index (Phi) is 2.67. The van der Waals surface area contributed by atoms with Gasteiger partial charge in [-0.25, -0.2) is 4.68 Å². The standard InChI is InChI=1S/C7H13ClN4/c1-4-7(2,3)12-6(5-8)9-10-11-12/h4-5H2,1-3H3. The molecule has 0 aromatic carbocycles. The molecule has 1 heterocycles. The lowest BCUT2D eigenvalue weighted by Gasteiger charge is -2.23. The maximum absolute atomic E-state index is 5.67. The van der Waals surface area contributed by atoms with Gasteiger partial charge in [-0.3, -0.25) is 0 Å². The lowest BCUT2D eigenvalue weighted by atomic mass is 10.0. The zero-order valence-electron chi connectivity index (χ0n) is 7.58. The van der Waals surface area contributed by atoms with Crippen LogP contribution >= 0.6 is 11.6 Å². The number of hydrogen-bond donors (Lipinski definition) is 0. The molecule has 5 heteroatoms. The first-order valence-corrected chi connectivity index (χ1v) is 4.49. The van der Waals surface area contributed by atoms with E-state index in [1.54, 1.807) is 4.68 Å². The molecule has 0 amide bonds. The molecule has 0 aliphatic rings. The molecule has 4 nitrogen and oxygen atoms in total. The molecular weight excluding hydrogens is 176 g/mol. The van der Waals surface area contributed by atoms with E-state index in [0.29, 0.717) is 5.88 Å². The highest BCUT2D eigenvalue weighted by Crippen LogP contribution is 2.19. The summed E-state index contributed by atoms with van der Waals surface area (Å²) < 4.78 is 1.78. The Labute approximate surface area is 76.9 Å². The van der Waals surface area contributed by atoms with Gasteiger partial charge in [0, 0.05) is 0 Å². The van der Waals surface area contributed by atoms with E-state index in [1.165, 1.54) is 0 Å². The fraction of sp³-hybridized carbons (Fsp3) is 0.857. The Morgan fingerprint density at radius 1 is 1.50 bits per heavy atom. The number of tetrazole rings is 1. The summed E-state index contributed by atoms with van der Waals surface area (Å²) in [5, 5.41) is 11.3. The number of alkyl halides is 1. The second-order valence-corrected chi connectivity index (χ2v) is 3.57. The molecule has 0 spiro atoms. The lowest BCUT2D eigenvalue weighted by Crippen LogP contribution is -2.28. The average Bonchev–Trinajstić information content (AvgIpc) is 2.52. The number of hydrogen-bond acceptors (Lipinski definition) is 3. The van der Waals surface area contributed by atoms with E-state index in [-0.39, 0.29) is 5.54 Å². The predicted molar refractivity (Wildman–Crippen MR) is 47.0 cm³/mol. The molecule has 68 valence electrons. The minimum atomic E-state index is -0.0479. The Bertz CT molecular complexity index is 256. The number of nitrogens with zero attached hydrogens (tertiary/aromatic N) is 4. The minimum Gasteiger partial charge on any atom is -0.223 e. The third-order valence-electron chi connectivity index (χ3n) is 2.09. The van der Waals surface area contributed by atoms with Crippen molar-refractivity contribution < 1.29 is 0 Å². The van der Waals surface area contributed by atoms with E-state index in [9.17, 15) is 0 Å². The van der Waals surface area contributed by atoms with Crippen LogP contribution in [0.1, 0.15) is 33.0 Å². The van der Waals surface area contributed by atoms with Gasteiger partial charge in [-0.15, -0.1) is 16.7 Å². The van der Waals surface area contributed by atoms with E-state index in [4.69, 9.17) is 11.6 Å². The Morgan fingerprint density at radius 2 is 2.17 bits per heavy atom. The fourth-order valence-corrected chi connectivity index (χ4v) is 1.08. The second-order valence-electron chi connectivity index (χ2n) is 3.31. The van der Waals surface area contributed by atoms with Crippen molar-refractivity contribution in [1.82, 2.24) is 20.2 Å². The van der Waals surface area contributed by atoms with Gasteiger partial charge >= 0.3 is 0 Å². The van der Waals surface area contributed by atoms with E-state index < -0.39 is 0 Å². The first kappa shape index (κ1) is 9.45. The van der Waals surface area contributed by atoms with Crippen molar-refractivity contribution in [3.05, 3.63) is 5.82 Å². The molecule has 0 aliphatic heterocycles. The number of rotatable bonds is 3. The van der Waals surface area contributed by atoms with Crippen LogP contribution in [0.5, 0.6) is 0 Å². The van der Waals surface area contributed by atoms with Gasteiger partial charge < -0.3 is 0 Å². The van der Waals surface area contributed by atoms with Crippen LogP contribution in [0.4, 0.5) is 0 Å². The SMILES string of the molecule is CCC(C)(C)n1nnnc1CCl. The topological polar surface area (TPSA) is 43.6 Å². The van der Waals surface area contributed by atoms with Crippen molar-refractivity contribution in [3.63, 3.8) is 0 Å². The minimum absolute atomic E-state index is 0.0479. The van der Waals surface area contributed by atoms with E-state index in [1.807, 2.05) is 0 Å². The third-order valence-corrected chi connectivity index (χ3v) is 2.33. The monoisotopic (exact) mass is 188 g/mol. The maximum atomic E-state index is 5.67. The average molecular weight is 189 g/mol. The zero-order valence-corrected chi connectivity index (χ0v) is 8.34.